The summed E-state index contributed by atoms with van der Waals surface area (Å²) in [4.78, 5) is 30.3. The van der Waals surface area contributed by atoms with E-state index in [4.69, 9.17) is 0 Å². The highest BCUT2D eigenvalue weighted by Gasteiger charge is 2.32. The molecule has 1 aromatic heterocycles. The molecule has 0 bridgehead atoms. The number of hydrogen-bond acceptors (Lipinski definition) is 6. The first kappa shape index (κ1) is 31.4. The van der Waals surface area contributed by atoms with Crippen LogP contribution in [0, 0.1) is 21.3 Å². The maximum atomic E-state index is 12.7. The maximum Gasteiger partial charge on any atom is 0.322 e. The monoisotopic (exact) mass is 701 g/mol. The number of halogens is 1. The minimum Gasteiger partial charge on any atom is -0.480 e. The molecule has 3 aromatic rings. The van der Waals surface area contributed by atoms with Gasteiger partial charge in [0.25, 0.3) is 16.1 Å². The van der Waals surface area contributed by atoms with E-state index in [9.17, 15) is 23.1 Å². The molecule has 0 radical (unpaired) electrons. The first-order valence-corrected chi connectivity index (χ1v) is 15.9. The van der Waals surface area contributed by atoms with Crippen LogP contribution in [0.2, 0.25) is 0 Å². The molecule has 1 amide bonds. The van der Waals surface area contributed by atoms with E-state index in [0.29, 0.717) is 30.9 Å². The van der Waals surface area contributed by atoms with Crippen LogP contribution in [0.25, 0.3) is 0 Å². The van der Waals surface area contributed by atoms with Crippen LogP contribution in [0.1, 0.15) is 41.0 Å². The Kier molecular flexibility index (Phi) is 10.6. The molecular weight excluding hydrogens is 669 g/mol. The summed E-state index contributed by atoms with van der Waals surface area (Å²) in [7, 11) is -3.92. The van der Waals surface area contributed by atoms with E-state index < -0.39 is 22.2 Å². The third-order valence-electron chi connectivity index (χ3n) is 6.71. The number of carboxylic acids is 1. The highest BCUT2D eigenvalue weighted by molar-refractivity contribution is 14.1. The van der Waals surface area contributed by atoms with E-state index in [1.54, 1.807) is 32.2 Å². The fraction of sp³-hybridized carbons (Fsp3) is 0.300. The van der Waals surface area contributed by atoms with Crippen molar-refractivity contribution < 1.29 is 23.1 Å². The molecule has 3 N–H and O–H groups in total. The van der Waals surface area contributed by atoms with Crippen LogP contribution in [0.4, 0.5) is 5.69 Å². The number of aromatic nitrogens is 1. The summed E-state index contributed by atoms with van der Waals surface area (Å²) in [6, 6.07) is 17.8. The SMILES string of the molecule is CC(C)[C@@H](NS(=O)(=O)N1CCN(c2ccc(C#Cc3ccnc(C(=O)NCc4cccc(I)c4)c3)cc2)CC1)C(=O)O. The maximum absolute atomic E-state index is 12.7. The normalized spacial score (nSPS) is 14.6. The Bertz CT molecular complexity index is 1590. The molecule has 1 aliphatic rings. The minimum atomic E-state index is -3.92. The summed E-state index contributed by atoms with van der Waals surface area (Å²) in [5.41, 5.74) is 3.70. The fourth-order valence-electron chi connectivity index (χ4n) is 4.35. The Hall–Kier alpha value is -3.51. The summed E-state index contributed by atoms with van der Waals surface area (Å²) < 4.78 is 30.2. The molecule has 1 saturated heterocycles. The number of amides is 1. The van der Waals surface area contributed by atoms with Crippen LogP contribution in [0.3, 0.4) is 0 Å². The van der Waals surface area contributed by atoms with Crippen molar-refractivity contribution >= 4 is 50.4 Å². The van der Waals surface area contributed by atoms with Gasteiger partial charge in [-0.3, -0.25) is 14.6 Å². The number of rotatable bonds is 9. The quantitative estimate of drug-likeness (QED) is 0.231. The number of anilines is 1. The summed E-state index contributed by atoms with van der Waals surface area (Å²) in [6.07, 6.45) is 1.56. The Labute approximate surface area is 259 Å². The summed E-state index contributed by atoms with van der Waals surface area (Å²) in [5.74, 6) is 4.35. The molecular formula is C30H32IN5O5S. The van der Waals surface area contributed by atoms with Crippen molar-refractivity contribution in [1.82, 2.24) is 19.3 Å². The molecule has 1 aliphatic heterocycles. The number of piperazine rings is 1. The second kappa shape index (κ2) is 14.1. The molecule has 0 saturated carbocycles. The number of hydrogen-bond donors (Lipinski definition) is 3. The van der Waals surface area contributed by atoms with Gasteiger partial charge >= 0.3 is 5.97 Å². The van der Waals surface area contributed by atoms with Gasteiger partial charge in [0.2, 0.25) is 0 Å². The van der Waals surface area contributed by atoms with Gasteiger partial charge < -0.3 is 15.3 Å². The molecule has 4 rings (SSSR count). The van der Waals surface area contributed by atoms with Crippen LogP contribution >= 0.6 is 22.6 Å². The van der Waals surface area contributed by atoms with E-state index >= 15 is 0 Å². The molecule has 220 valence electrons. The standard InChI is InChI=1S/C30H32IN5O5S/c1-21(2)28(30(38)39)34-42(40,41)36-16-14-35(15-17-36)26-10-8-22(9-11-26)6-7-23-12-13-32-27(19-23)29(37)33-20-24-4-3-5-25(31)18-24/h3-5,8-13,18-19,21,28,34H,14-17,20H2,1-2H3,(H,33,37)(H,38,39)/t28-/m1/s1. The van der Waals surface area contributed by atoms with Gasteiger partial charge in [0.15, 0.2) is 0 Å². The number of aliphatic carboxylic acids is 1. The van der Waals surface area contributed by atoms with E-state index in [0.717, 1.165) is 20.4 Å². The lowest BCUT2D eigenvalue weighted by Crippen LogP contribution is -2.55. The Morgan fingerprint density at radius 3 is 2.33 bits per heavy atom. The van der Waals surface area contributed by atoms with Gasteiger partial charge in [-0.15, -0.1) is 0 Å². The van der Waals surface area contributed by atoms with E-state index in [1.165, 1.54) is 4.31 Å². The zero-order valence-electron chi connectivity index (χ0n) is 23.2. The van der Waals surface area contributed by atoms with Gasteiger partial charge in [-0.25, -0.2) is 0 Å². The molecule has 10 nitrogen and oxygen atoms in total. The zero-order chi connectivity index (χ0) is 30.3. The lowest BCUT2D eigenvalue weighted by molar-refractivity contribution is -0.140. The van der Waals surface area contributed by atoms with Gasteiger partial charge in [0, 0.05) is 59.3 Å². The first-order chi connectivity index (χ1) is 20.0. The number of benzene rings is 2. The number of carbonyl (C=O) groups is 2. The van der Waals surface area contributed by atoms with Crippen LogP contribution in [-0.4, -0.2) is 66.9 Å². The van der Waals surface area contributed by atoms with Gasteiger partial charge in [0.1, 0.15) is 11.7 Å². The number of carboxylic acid groups (broad SMARTS) is 1. The largest absolute Gasteiger partial charge is 0.480 e. The first-order valence-electron chi connectivity index (χ1n) is 13.4. The summed E-state index contributed by atoms with van der Waals surface area (Å²) >= 11 is 2.23. The van der Waals surface area contributed by atoms with Crippen molar-refractivity contribution in [3.8, 4) is 11.8 Å². The van der Waals surface area contributed by atoms with Crippen LogP contribution in [0.15, 0.2) is 66.9 Å². The van der Waals surface area contributed by atoms with E-state index in [2.05, 4.69) is 54.4 Å². The number of nitrogens with one attached hydrogen (secondary N) is 2. The molecule has 0 spiro atoms. The van der Waals surface area contributed by atoms with E-state index in [1.807, 2.05) is 48.5 Å². The summed E-state index contributed by atoms with van der Waals surface area (Å²) in [6.45, 7) is 5.15. The highest BCUT2D eigenvalue weighted by atomic mass is 127. The Balaban J connectivity index is 1.32. The van der Waals surface area contributed by atoms with Crippen molar-refractivity contribution in [1.29, 1.82) is 0 Å². The lowest BCUT2D eigenvalue weighted by atomic mass is 10.1. The Morgan fingerprint density at radius 1 is 1.00 bits per heavy atom. The fourth-order valence-corrected chi connectivity index (χ4v) is 6.44. The van der Waals surface area contributed by atoms with Crippen molar-refractivity contribution in [2.24, 2.45) is 5.92 Å². The van der Waals surface area contributed by atoms with Crippen LogP contribution < -0.4 is 14.9 Å². The summed E-state index contributed by atoms with van der Waals surface area (Å²) in [5, 5.41) is 12.2. The second-order valence-electron chi connectivity index (χ2n) is 10.1. The topological polar surface area (TPSA) is 132 Å². The number of nitrogens with zero attached hydrogens (tertiary/aromatic N) is 3. The third kappa shape index (κ3) is 8.51. The zero-order valence-corrected chi connectivity index (χ0v) is 26.2. The van der Waals surface area contributed by atoms with Crippen molar-refractivity contribution in [2.75, 3.05) is 31.1 Å². The molecule has 0 unspecified atom stereocenters. The van der Waals surface area contributed by atoms with E-state index in [-0.39, 0.29) is 24.9 Å². The average molecular weight is 702 g/mol. The smallest absolute Gasteiger partial charge is 0.322 e. The number of pyridine rings is 1. The van der Waals surface area contributed by atoms with Crippen molar-refractivity contribution in [2.45, 2.75) is 26.4 Å². The average Bonchev–Trinajstić information content (AvgIpc) is 2.98. The molecule has 12 heteroatoms. The predicted octanol–water partition coefficient (Wildman–Crippen LogP) is 3.08. The molecule has 2 aromatic carbocycles. The second-order valence-corrected chi connectivity index (χ2v) is 13.1. The van der Waals surface area contributed by atoms with Gasteiger partial charge in [-0.1, -0.05) is 37.8 Å². The molecule has 1 fully saturated rings. The van der Waals surface area contributed by atoms with Gasteiger partial charge in [0.05, 0.1) is 0 Å². The van der Waals surface area contributed by atoms with Gasteiger partial charge in [-0.05, 0) is 82.6 Å². The molecule has 42 heavy (non-hydrogen) atoms. The van der Waals surface area contributed by atoms with Crippen LogP contribution in [-0.2, 0) is 21.5 Å². The minimum absolute atomic E-state index is 0.240. The van der Waals surface area contributed by atoms with Crippen molar-refractivity contribution in [3.63, 3.8) is 0 Å². The Morgan fingerprint density at radius 2 is 1.69 bits per heavy atom. The van der Waals surface area contributed by atoms with Gasteiger partial charge in [-0.2, -0.15) is 17.4 Å². The lowest BCUT2D eigenvalue weighted by Gasteiger charge is -2.36. The van der Waals surface area contributed by atoms with Crippen LogP contribution in [0.5, 0.6) is 0 Å². The molecule has 0 aliphatic carbocycles. The highest BCUT2D eigenvalue weighted by Crippen LogP contribution is 2.19. The third-order valence-corrected chi connectivity index (χ3v) is 8.97. The molecule has 2 heterocycles. The predicted molar refractivity (Wildman–Crippen MR) is 169 cm³/mol. The molecule has 1 atom stereocenters. The van der Waals surface area contributed by atoms with Crippen molar-refractivity contribution in [3.05, 3.63) is 92.8 Å². The number of carbonyl (C=O) groups excluding carboxylic acids is 1.